The largest absolute Gasteiger partial charge is 0.383 e. The summed E-state index contributed by atoms with van der Waals surface area (Å²) in [6, 6.07) is 15.0. The maximum Gasteiger partial charge on any atom is 0.289 e. The van der Waals surface area contributed by atoms with Crippen LogP contribution in [0, 0.1) is 0 Å². The molecule has 0 aliphatic heterocycles. The van der Waals surface area contributed by atoms with Crippen LogP contribution in [0.2, 0.25) is 0 Å². The Bertz CT molecular complexity index is 1920. The van der Waals surface area contributed by atoms with Gasteiger partial charge < -0.3 is 11.1 Å². The summed E-state index contributed by atoms with van der Waals surface area (Å²) in [6.07, 6.45) is 5.03. The number of carbonyl (C=O) groups excluding carboxylic acids is 1. The van der Waals surface area contributed by atoms with Crippen molar-refractivity contribution in [2.75, 3.05) is 5.73 Å². The molecule has 0 unspecified atom stereocenters. The topological polar surface area (TPSA) is 129 Å². The Morgan fingerprint density at radius 1 is 1.10 bits per heavy atom. The number of nitrogens with one attached hydrogen (secondary N) is 1. The molecule has 1 aliphatic carbocycles. The summed E-state index contributed by atoms with van der Waals surface area (Å²) in [5.74, 6) is 1.16. The summed E-state index contributed by atoms with van der Waals surface area (Å²) >= 11 is 0.704. The van der Waals surface area contributed by atoms with Gasteiger partial charge in [-0.05, 0) is 66.4 Å². The lowest BCUT2D eigenvalue weighted by atomic mass is 10.1. The lowest BCUT2D eigenvalue weighted by Crippen LogP contribution is -2.26. The van der Waals surface area contributed by atoms with Crippen LogP contribution in [-0.4, -0.2) is 40.2 Å². The van der Waals surface area contributed by atoms with Crippen molar-refractivity contribution in [2.45, 2.75) is 25.3 Å². The van der Waals surface area contributed by atoms with Crippen LogP contribution in [0.4, 0.5) is 14.6 Å². The van der Waals surface area contributed by atoms with E-state index in [0.717, 1.165) is 23.2 Å². The predicted molar refractivity (Wildman–Crippen MR) is 149 cm³/mol. The van der Waals surface area contributed by atoms with Crippen LogP contribution in [0.15, 0.2) is 73.3 Å². The van der Waals surface area contributed by atoms with Crippen LogP contribution >= 0.6 is 11.3 Å². The van der Waals surface area contributed by atoms with Crippen LogP contribution in [-0.2, 0) is 6.42 Å². The molecule has 0 spiro atoms. The van der Waals surface area contributed by atoms with Gasteiger partial charge >= 0.3 is 0 Å². The number of hydrogen-bond acceptors (Lipinski definition) is 8. The molecule has 3 N–H and O–H groups in total. The van der Waals surface area contributed by atoms with Crippen molar-refractivity contribution in [3.05, 3.63) is 94.3 Å². The van der Waals surface area contributed by atoms with E-state index in [9.17, 15) is 13.6 Å². The molecule has 0 bridgehead atoms. The van der Waals surface area contributed by atoms with Gasteiger partial charge in [0.2, 0.25) is 0 Å². The van der Waals surface area contributed by atoms with E-state index in [0.29, 0.717) is 51.9 Å². The molecule has 10 nitrogen and oxygen atoms in total. The molecule has 204 valence electrons. The molecule has 0 radical (unpaired) electrons. The number of pyridine rings is 2. The zero-order valence-corrected chi connectivity index (χ0v) is 22.1. The molecular weight excluding hydrogens is 548 g/mol. The third kappa shape index (κ3) is 4.39. The van der Waals surface area contributed by atoms with E-state index in [2.05, 4.69) is 26.4 Å². The summed E-state index contributed by atoms with van der Waals surface area (Å²) in [5.41, 5.74) is 11.1. The van der Waals surface area contributed by atoms with E-state index in [1.165, 1.54) is 6.20 Å². The number of alkyl halides is 2. The highest BCUT2D eigenvalue weighted by Gasteiger charge is 2.27. The zero-order valence-electron chi connectivity index (χ0n) is 21.3. The van der Waals surface area contributed by atoms with Crippen molar-refractivity contribution in [3.8, 4) is 22.9 Å². The standard InChI is InChI=1S/C28H21F2N9OS/c29-23(30)28-33-14-21(41-28)27(40)36-19-7-4-15-13-16(5-6-17(15)19)39-25(18-3-1-10-32-24(18)31)35-20-8-9-22(37-26(20)39)38-12-2-11-34-38/h1-3,5-6,8-14,19,23H,4,7H2,(H2,31,32)(H,36,40)/t19-/m0/s1. The molecule has 5 aromatic heterocycles. The Morgan fingerprint density at radius 3 is 2.78 bits per heavy atom. The smallest absolute Gasteiger partial charge is 0.289 e. The van der Waals surface area contributed by atoms with Gasteiger partial charge in [-0.25, -0.2) is 33.4 Å². The normalized spacial score (nSPS) is 14.6. The number of benzene rings is 1. The predicted octanol–water partition coefficient (Wildman–Crippen LogP) is 5.06. The second-order valence-electron chi connectivity index (χ2n) is 9.48. The molecule has 0 fully saturated rings. The first-order chi connectivity index (χ1) is 20.0. The Kier molecular flexibility index (Phi) is 6.00. The highest BCUT2D eigenvalue weighted by molar-refractivity contribution is 7.13. The number of fused-ring (bicyclic) bond motifs is 2. The fraction of sp³-hybridized carbons (Fsp3) is 0.143. The van der Waals surface area contributed by atoms with Gasteiger partial charge in [0.25, 0.3) is 12.3 Å². The molecule has 6 aromatic rings. The average Bonchev–Trinajstić information content (AvgIpc) is 3.79. The molecule has 1 atom stereocenters. The Morgan fingerprint density at radius 2 is 2.00 bits per heavy atom. The highest BCUT2D eigenvalue weighted by atomic mass is 32.1. The third-order valence-electron chi connectivity index (χ3n) is 7.01. The van der Waals surface area contributed by atoms with Crippen LogP contribution < -0.4 is 11.1 Å². The monoisotopic (exact) mass is 569 g/mol. The number of carbonyl (C=O) groups is 1. The first kappa shape index (κ1) is 25.0. The number of amides is 1. The average molecular weight is 570 g/mol. The number of imidazole rings is 1. The molecule has 13 heteroatoms. The Balaban J connectivity index is 1.28. The van der Waals surface area contributed by atoms with Gasteiger partial charge in [0.1, 0.15) is 16.2 Å². The number of rotatable bonds is 6. The number of anilines is 1. The summed E-state index contributed by atoms with van der Waals surface area (Å²) in [7, 11) is 0. The van der Waals surface area contributed by atoms with Crippen LogP contribution in [0.1, 0.15) is 44.7 Å². The van der Waals surface area contributed by atoms with Gasteiger partial charge in [0.05, 0.1) is 17.8 Å². The number of hydrogen-bond donors (Lipinski definition) is 2. The molecule has 1 amide bonds. The molecule has 1 aromatic carbocycles. The number of aromatic nitrogens is 7. The maximum atomic E-state index is 12.9. The summed E-state index contributed by atoms with van der Waals surface area (Å²) in [4.78, 5) is 30.6. The highest BCUT2D eigenvalue weighted by Crippen LogP contribution is 2.36. The van der Waals surface area contributed by atoms with E-state index >= 15 is 0 Å². The minimum atomic E-state index is -2.71. The first-order valence-electron chi connectivity index (χ1n) is 12.7. The van der Waals surface area contributed by atoms with Crippen molar-refractivity contribution in [3.63, 3.8) is 0 Å². The van der Waals surface area contributed by atoms with Gasteiger partial charge in [-0.1, -0.05) is 6.07 Å². The number of aryl methyl sites for hydroxylation is 1. The molecule has 5 heterocycles. The second-order valence-corrected chi connectivity index (χ2v) is 10.5. The molecular formula is C28H21F2N9OS. The van der Waals surface area contributed by atoms with Crippen molar-refractivity contribution < 1.29 is 13.6 Å². The van der Waals surface area contributed by atoms with Crippen molar-refractivity contribution >= 4 is 34.2 Å². The SMILES string of the molecule is Nc1ncccc1-c1nc2ccc(-n3cccn3)nc2n1-c1ccc2c(c1)CC[C@@H]2NC(=O)c1cnc(C(F)F)s1. The van der Waals surface area contributed by atoms with Gasteiger partial charge in [-0.2, -0.15) is 5.10 Å². The second kappa shape index (κ2) is 9.86. The molecule has 1 aliphatic rings. The maximum absolute atomic E-state index is 12.9. The van der Waals surface area contributed by atoms with Crippen molar-refractivity contribution in [1.82, 2.24) is 39.6 Å². The van der Waals surface area contributed by atoms with E-state index < -0.39 is 12.3 Å². The number of thiazole rings is 1. The molecule has 7 rings (SSSR count). The summed E-state index contributed by atoms with van der Waals surface area (Å²) in [5, 5.41) is 6.91. The number of nitrogens with zero attached hydrogens (tertiary/aromatic N) is 7. The molecule has 41 heavy (non-hydrogen) atoms. The number of nitrogens with two attached hydrogens (primary N) is 1. The zero-order chi connectivity index (χ0) is 28.1. The van der Waals surface area contributed by atoms with E-state index in [1.807, 2.05) is 47.2 Å². The minimum Gasteiger partial charge on any atom is -0.383 e. The fourth-order valence-corrected chi connectivity index (χ4v) is 5.80. The van der Waals surface area contributed by atoms with Gasteiger partial charge in [-0.3, -0.25) is 9.36 Å². The molecule has 0 saturated carbocycles. The van der Waals surface area contributed by atoms with Gasteiger partial charge in [-0.15, -0.1) is 11.3 Å². The van der Waals surface area contributed by atoms with Crippen LogP contribution in [0.3, 0.4) is 0 Å². The first-order valence-corrected chi connectivity index (χ1v) is 13.6. The number of nitrogen functional groups attached to an aromatic ring is 1. The van der Waals surface area contributed by atoms with Gasteiger partial charge in [0, 0.05) is 24.3 Å². The lowest BCUT2D eigenvalue weighted by Gasteiger charge is -2.15. The minimum absolute atomic E-state index is 0.160. The van der Waals surface area contributed by atoms with E-state index in [-0.39, 0.29) is 15.9 Å². The summed E-state index contributed by atoms with van der Waals surface area (Å²) < 4.78 is 29.5. The Hall–Kier alpha value is -5.04. The van der Waals surface area contributed by atoms with E-state index in [4.69, 9.17) is 15.7 Å². The molecule has 0 saturated heterocycles. The van der Waals surface area contributed by atoms with Crippen molar-refractivity contribution in [1.29, 1.82) is 0 Å². The quantitative estimate of drug-likeness (QED) is 0.287. The van der Waals surface area contributed by atoms with Crippen molar-refractivity contribution in [2.24, 2.45) is 0 Å². The van der Waals surface area contributed by atoms with Crippen LogP contribution in [0.5, 0.6) is 0 Å². The lowest BCUT2D eigenvalue weighted by molar-refractivity contribution is 0.0940. The fourth-order valence-electron chi connectivity index (χ4n) is 5.13. The summed E-state index contributed by atoms with van der Waals surface area (Å²) in [6.45, 7) is 0. The van der Waals surface area contributed by atoms with E-state index in [1.54, 1.807) is 23.1 Å². The Labute approximate surface area is 235 Å². The number of halogens is 2. The van der Waals surface area contributed by atoms with Gasteiger partial charge in [0.15, 0.2) is 22.3 Å². The third-order valence-corrected chi connectivity index (χ3v) is 8.01. The van der Waals surface area contributed by atoms with Crippen LogP contribution in [0.25, 0.3) is 34.1 Å².